The van der Waals surface area contributed by atoms with Gasteiger partial charge in [0.15, 0.2) is 5.84 Å². The van der Waals surface area contributed by atoms with Crippen molar-refractivity contribution in [3.05, 3.63) is 52.7 Å². The lowest BCUT2D eigenvalue weighted by atomic mass is 10.1. The van der Waals surface area contributed by atoms with Crippen LogP contribution in [0.5, 0.6) is 5.75 Å². The standard InChI is InChI=1S/C20H21FN6O2S/c1-29-14-4-2-12(3-5-14)10-27-24-16-8-13(9-17(28)23-7-6-21)15-11-30-26-20(22)19(25-27)18(15)16/h2-5,8H,6-7,9-11H2,1H3,(H2,22,26)(H,23,28). The third-order valence-corrected chi connectivity index (χ3v) is 5.54. The fourth-order valence-electron chi connectivity index (χ4n) is 3.39. The van der Waals surface area contributed by atoms with Crippen LogP contribution in [0.3, 0.4) is 0 Å². The SMILES string of the molecule is COc1ccc(Cn2nc3cc(CC(=O)NCCF)c4c-3c(n2)C(N)=NSC4)cc1. The number of benzene rings is 1. The van der Waals surface area contributed by atoms with Crippen LogP contribution in [0.15, 0.2) is 34.7 Å². The molecule has 1 amide bonds. The molecule has 0 bridgehead atoms. The second-order valence-electron chi connectivity index (χ2n) is 6.80. The quantitative estimate of drug-likeness (QED) is 0.557. The molecule has 0 atom stereocenters. The zero-order chi connectivity index (χ0) is 21.1. The number of hydrogen-bond acceptors (Lipinski definition) is 7. The van der Waals surface area contributed by atoms with Crippen LogP contribution in [0.25, 0.3) is 11.3 Å². The lowest BCUT2D eigenvalue weighted by molar-refractivity contribution is -0.120. The zero-order valence-corrected chi connectivity index (χ0v) is 17.2. The van der Waals surface area contributed by atoms with Crippen LogP contribution in [-0.4, -0.2) is 47.1 Å². The molecule has 4 rings (SSSR count). The largest absolute Gasteiger partial charge is 0.497 e. The summed E-state index contributed by atoms with van der Waals surface area (Å²) in [5.41, 5.74) is 11.0. The zero-order valence-electron chi connectivity index (χ0n) is 16.4. The molecular weight excluding hydrogens is 407 g/mol. The highest BCUT2D eigenvalue weighted by Gasteiger charge is 2.27. The van der Waals surface area contributed by atoms with Crippen LogP contribution in [0.2, 0.25) is 0 Å². The van der Waals surface area contributed by atoms with Crippen LogP contribution in [0, 0.1) is 0 Å². The highest BCUT2D eigenvalue weighted by Crippen LogP contribution is 2.37. The molecule has 0 spiro atoms. The van der Waals surface area contributed by atoms with Gasteiger partial charge in [-0.05, 0) is 46.8 Å². The van der Waals surface area contributed by atoms with Crippen molar-refractivity contribution in [3.8, 4) is 17.0 Å². The molecule has 0 fully saturated rings. The maximum Gasteiger partial charge on any atom is 0.224 e. The number of amides is 1. The molecule has 30 heavy (non-hydrogen) atoms. The molecule has 0 saturated carbocycles. The topological polar surface area (TPSA) is 107 Å². The van der Waals surface area contributed by atoms with Crippen LogP contribution in [0.4, 0.5) is 4.39 Å². The van der Waals surface area contributed by atoms with E-state index in [1.165, 1.54) is 11.9 Å². The van der Waals surface area contributed by atoms with E-state index in [0.29, 0.717) is 29.5 Å². The molecule has 2 heterocycles. The Morgan fingerprint density at radius 1 is 1.33 bits per heavy atom. The summed E-state index contributed by atoms with van der Waals surface area (Å²) in [6.07, 6.45) is 0.143. The Hall–Kier alpha value is -3.14. The van der Waals surface area contributed by atoms with Crippen molar-refractivity contribution < 1.29 is 13.9 Å². The predicted molar refractivity (Wildman–Crippen MR) is 113 cm³/mol. The van der Waals surface area contributed by atoms with E-state index in [0.717, 1.165) is 28.0 Å². The number of nitrogens with one attached hydrogen (secondary N) is 1. The van der Waals surface area contributed by atoms with Gasteiger partial charge in [0.05, 0.1) is 25.8 Å². The Balaban J connectivity index is 1.71. The van der Waals surface area contributed by atoms with Crippen LogP contribution >= 0.6 is 11.9 Å². The smallest absolute Gasteiger partial charge is 0.224 e. The molecule has 1 aromatic rings. The van der Waals surface area contributed by atoms with Gasteiger partial charge in [-0.3, -0.25) is 4.79 Å². The highest BCUT2D eigenvalue weighted by atomic mass is 32.2. The number of alkyl halides is 1. The first-order chi connectivity index (χ1) is 14.6. The number of aromatic nitrogens is 3. The number of carbonyl (C=O) groups is 1. The van der Waals surface area contributed by atoms with Crippen LogP contribution < -0.4 is 15.8 Å². The molecule has 8 nitrogen and oxygen atoms in total. The Bertz CT molecular complexity index is 1070. The maximum atomic E-state index is 12.4. The van der Waals surface area contributed by atoms with Crippen molar-refractivity contribution in [3.63, 3.8) is 0 Å². The van der Waals surface area contributed by atoms with Gasteiger partial charge >= 0.3 is 0 Å². The van der Waals surface area contributed by atoms with Gasteiger partial charge in [0.1, 0.15) is 18.1 Å². The highest BCUT2D eigenvalue weighted by molar-refractivity contribution is 7.97. The third-order valence-electron chi connectivity index (χ3n) is 4.80. The molecule has 0 unspecified atom stereocenters. The van der Waals surface area contributed by atoms with Crippen molar-refractivity contribution in [1.82, 2.24) is 20.3 Å². The minimum Gasteiger partial charge on any atom is -0.497 e. The van der Waals surface area contributed by atoms with E-state index in [9.17, 15) is 9.18 Å². The van der Waals surface area contributed by atoms with Gasteiger partial charge in [-0.15, -0.1) is 0 Å². The van der Waals surface area contributed by atoms with Crippen molar-refractivity contribution in [1.29, 1.82) is 0 Å². The molecule has 10 heteroatoms. The molecule has 156 valence electrons. The number of nitrogens with zero attached hydrogens (tertiary/aromatic N) is 4. The average molecular weight is 428 g/mol. The summed E-state index contributed by atoms with van der Waals surface area (Å²) in [4.78, 5) is 13.7. The Morgan fingerprint density at radius 3 is 2.87 bits per heavy atom. The van der Waals surface area contributed by atoms with E-state index in [1.807, 2.05) is 30.3 Å². The number of methoxy groups -OCH3 is 1. The molecule has 3 N–H and O–H groups in total. The predicted octanol–water partition coefficient (Wildman–Crippen LogP) is 1.94. The second kappa shape index (κ2) is 8.70. The molecule has 0 radical (unpaired) electrons. The lowest BCUT2D eigenvalue weighted by Crippen LogP contribution is -2.27. The summed E-state index contributed by atoms with van der Waals surface area (Å²) in [5, 5.41) is 11.8. The molecule has 0 saturated heterocycles. The number of amidine groups is 1. The molecule has 2 aliphatic heterocycles. The Kier molecular flexibility index (Phi) is 5.84. The summed E-state index contributed by atoms with van der Waals surface area (Å²) in [5.74, 6) is 1.43. The van der Waals surface area contributed by atoms with Gasteiger partial charge < -0.3 is 15.8 Å². The summed E-state index contributed by atoms with van der Waals surface area (Å²) >= 11 is 1.31. The number of rotatable bonds is 7. The van der Waals surface area contributed by atoms with Crippen molar-refractivity contribution >= 4 is 23.7 Å². The van der Waals surface area contributed by atoms with Gasteiger partial charge in [0.2, 0.25) is 5.91 Å². The van der Waals surface area contributed by atoms with Crippen LogP contribution in [0.1, 0.15) is 22.4 Å². The van der Waals surface area contributed by atoms with Crippen molar-refractivity contribution in [2.75, 3.05) is 20.3 Å². The molecular formula is C20H21FN6O2S. The third kappa shape index (κ3) is 4.09. The van der Waals surface area contributed by atoms with E-state index in [2.05, 4.69) is 19.9 Å². The van der Waals surface area contributed by atoms with Gasteiger partial charge in [-0.2, -0.15) is 19.4 Å². The fourth-order valence-corrected chi connectivity index (χ4v) is 4.14. The van der Waals surface area contributed by atoms with Crippen molar-refractivity contribution in [2.45, 2.75) is 18.7 Å². The summed E-state index contributed by atoms with van der Waals surface area (Å²) in [6.45, 7) is -0.144. The summed E-state index contributed by atoms with van der Waals surface area (Å²) < 4.78 is 21.9. The number of carbonyl (C=O) groups excluding carboxylic acids is 1. The van der Waals surface area contributed by atoms with Gasteiger partial charge in [0.25, 0.3) is 0 Å². The monoisotopic (exact) mass is 428 g/mol. The first-order valence-electron chi connectivity index (χ1n) is 9.40. The number of halogens is 1. The van der Waals surface area contributed by atoms with E-state index in [-0.39, 0.29) is 18.9 Å². The first kappa shape index (κ1) is 20.1. The Labute approximate surface area is 177 Å². The minimum absolute atomic E-state index is 0.00607. The first-order valence-corrected chi connectivity index (χ1v) is 10.3. The molecule has 0 aromatic heterocycles. The lowest BCUT2D eigenvalue weighted by Gasteiger charge is -2.12. The molecule has 1 aromatic carbocycles. The van der Waals surface area contributed by atoms with Gasteiger partial charge in [0, 0.05) is 17.9 Å². The second-order valence-corrected chi connectivity index (χ2v) is 7.53. The van der Waals surface area contributed by atoms with Gasteiger partial charge in [-0.25, -0.2) is 4.39 Å². The molecule has 3 aliphatic rings. The fraction of sp³-hybridized carbons (Fsp3) is 0.300. The average Bonchev–Trinajstić information content (AvgIpc) is 2.98. The van der Waals surface area contributed by atoms with Gasteiger partial charge in [-0.1, -0.05) is 12.1 Å². The molecule has 1 aliphatic carbocycles. The van der Waals surface area contributed by atoms with Crippen LogP contribution in [-0.2, 0) is 23.5 Å². The number of hydrogen-bond donors (Lipinski definition) is 2. The Morgan fingerprint density at radius 2 is 2.13 bits per heavy atom. The van der Waals surface area contributed by atoms with E-state index in [1.54, 1.807) is 11.9 Å². The number of ether oxygens (including phenoxy) is 1. The van der Waals surface area contributed by atoms with Crippen molar-refractivity contribution in [2.24, 2.45) is 10.1 Å². The number of nitrogens with two attached hydrogens (primary N) is 1. The van der Waals surface area contributed by atoms with E-state index in [4.69, 9.17) is 10.5 Å². The van der Waals surface area contributed by atoms with E-state index >= 15 is 0 Å². The normalized spacial score (nSPS) is 13.1. The summed E-state index contributed by atoms with van der Waals surface area (Å²) in [7, 11) is 1.62. The maximum absolute atomic E-state index is 12.4. The van der Waals surface area contributed by atoms with E-state index < -0.39 is 6.67 Å². The summed E-state index contributed by atoms with van der Waals surface area (Å²) in [6, 6.07) is 9.53. The minimum atomic E-state index is -0.594.